The molecule has 0 radical (unpaired) electrons. The van der Waals surface area contributed by atoms with Gasteiger partial charge in [0.1, 0.15) is 0 Å². The van der Waals surface area contributed by atoms with Gasteiger partial charge >= 0.3 is 0 Å². The maximum atomic E-state index is 12.5. The molecule has 1 saturated heterocycles. The molecule has 0 bridgehead atoms. The van der Waals surface area contributed by atoms with Crippen molar-refractivity contribution in [1.29, 1.82) is 0 Å². The maximum Gasteiger partial charge on any atom is 0.241 e. The number of nitrogen functional groups attached to an aromatic ring is 1. The predicted molar refractivity (Wildman–Crippen MR) is 88.5 cm³/mol. The summed E-state index contributed by atoms with van der Waals surface area (Å²) < 4.78 is 0. The Hall–Kier alpha value is -1.26. The minimum Gasteiger partial charge on any atom is -0.397 e. The zero-order chi connectivity index (χ0) is 15.6. The van der Waals surface area contributed by atoms with Crippen LogP contribution in [0.4, 0.5) is 11.4 Å². The molecule has 1 amide bonds. The number of hydrogen-bond acceptors (Lipinski definition) is 3. The van der Waals surface area contributed by atoms with E-state index in [1.165, 1.54) is 6.42 Å². The molecule has 116 valence electrons. The van der Waals surface area contributed by atoms with Gasteiger partial charge in [-0.2, -0.15) is 0 Å². The van der Waals surface area contributed by atoms with Crippen molar-refractivity contribution in [3.63, 3.8) is 0 Å². The molecule has 0 aliphatic carbocycles. The van der Waals surface area contributed by atoms with E-state index < -0.39 is 0 Å². The van der Waals surface area contributed by atoms with Crippen molar-refractivity contribution in [2.45, 2.75) is 45.7 Å². The summed E-state index contributed by atoms with van der Waals surface area (Å²) in [6.07, 6.45) is 2.37. The van der Waals surface area contributed by atoms with Crippen LogP contribution in [-0.2, 0) is 4.79 Å². The average Bonchev–Trinajstić information content (AvgIpc) is 2.43. The van der Waals surface area contributed by atoms with E-state index in [-0.39, 0.29) is 11.9 Å². The molecule has 3 unspecified atom stereocenters. The Morgan fingerprint density at radius 2 is 2.14 bits per heavy atom. The van der Waals surface area contributed by atoms with Crippen LogP contribution in [0.3, 0.4) is 0 Å². The Kier molecular flexibility index (Phi) is 5.12. The summed E-state index contributed by atoms with van der Waals surface area (Å²) in [5.41, 5.74) is 6.99. The van der Waals surface area contributed by atoms with E-state index in [4.69, 9.17) is 17.3 Å². The summed E-state index contributed by atoms with van der Waals surface area (Å²) in [5, 5.41) is 3.47. The molecule has 1 heterocycles. The molecule has 1 aromatic carbocycles. The Bertz CT molecular complexity index is 520. The average molecular weight is 310 g/mol. The highest BCUT2D eigenvalue weighted by Gasteiger charge is 2.30. The molecule has 3 atom stereocenters. The molecule has 1 fully saturated rings. The van der Waals surface area contributed by atoms with E-state index in [0.29, 0.717) is 28.4 Å². The van der Waals surface area contributed by atoms with E-state index >= 15 is 0 Å². The number of hydrogen-bond donors (Lipinski definition) is 2. The highest BCUT2D eigenvalue weighted by atomic mass is 35.5. The van der Waals surface area contributed by atoms with Gasteiger partial charge in [0, 0.05) is 17.6 Å². The highest BCUT2D eigenvalue weighted by molar-refractivity contribution is 6.31. The van der Waals surface area contributed by atoms with Crippen LogP contribution in [0.2, 0.25) is 5.02 Å². The van der Waals surface area contributed by atoms with Crippen molar-refractivity contribution in [1.82, 2.24) is 4.90 Å². The standard InChI is InChI=1S/C16H24ClN3O/c1-10-4-5-11(2)20(9-10)12(3)16(21)19-15-7-6-13(17)8-14(15)18/h6-8,10-12H,4-5,9,18H2,1-3H3,(H,19,21). The lowest BCUT2D eigenvalue weighted by atomic mass is 9.93. The number of carbonyl (C=O) groups excluding carboxylic acids is 1. The Morgan fingerprint density at radius 3 is 2.81 bits per heavy atom. The van der Waals surface area contributed by atoms with E-state index in [2.05, 4.69) is 24.1 Å². The molecule has 1 aliphatic rings. The third-order valence-corrected chi connectivity index (χ3v) is 4.55. The number of piperidine rings is 1. The van der Waals surface area contributed by atoms with E-state index in [1.54, 1.807) is 18.2 Å². The normalized spacial score (nSPS) is 24.6. The molecule has 3 N–H and O–H groups in total. The minimum atomic E-state index is -0.169. The Balaban J connectivity index is 2.05. The molecular formula is C16H24ClN3O. The molecule has 0 aromatic heterocycles. The van der Waals surface area contributed by atoms with Crippen molar-refractivity contribution in [3.05, 3.63) is 23.2 Å². The lowest BCUT2D eigenvalue weighted by Gasteiger charge is -2.40. The monoisotopic (exact) mass is 309 g/mol. The molecule has 1 aromatic rings. The third-order valence-electron chi connectivity index (χ3n) is 4.31. The fourth-order valence-electron chi connectivity index (χ4n) is 2.90. The summed E-state index contributed by atoms with van der Waals surface area (Å²) in [6.45, 7) is 7.34. The first kappa shape index (κ1) is 16.1. The first-order valence-electron chi connectivity index (χ1n) is 7.50. The van der Waals surface area contributed by atoms with Crippen LogP contribution in [0.25, 0.3) is 0 Å². The summed E-state index contributed by atoms with van der Waals surface area (Å²) in [7, 11) is 0. The minimum absolute atomic E-state index is 0.0232. The molecule has 0 saturated carbocycles. The zero-order valence-corrected chi connectivity index (χ0v) is 13.7. The fourth-order valence-corrected chi connectivity index (χ4v) is 3.08. The van der Waals surface area contributed by atoms with Crippen LogP contribution in [0.1, 0.15) is 33.6 Å². The number of rotatable bonds is 3. The van der Waals surface area contributed by atoms with Gasteiger partial charge in [0.15, 0.2) is 0 Å². The number of nitrogens with two attached hydrogens (primary N) is 1. The van der Waals surface area contributed by atoms with Gasteiger partial charge in [0.25, 0.3) is 0 Å². The predicted octanol–water partition coefficient (Wildman–Crippen LogP) is 3.37. The second-order valence-corrected chi connectivity index (χ2v) is 6.56. The van der Waals surface area contributed by atoms with Gasteiger partial charge in [0.05, 0.1) is 17.4 Å². The van der Waals surface area contributed by atoms with Crippen LogP contribution in [0.5, 0.6) is 0 Å². The van der Waals surface area contributed by atoms with Crippen LogP contribution in [0.15, 0.2) is 18.2 Å². The quantitative estimate of drug-likeness (QED) is 0.842. The smallest absolute Gasteiger partial charge is 0.241 e. The summed E-state index contributed by atoms with van der Waals surface area (Å²) in [4.78, 5) is 14.7. The number of amides is 1. The highest BCUT2D eigenvalue weighted by Crippen LogP contribution is 2.26. The molecule has 21 heavy (non-hydrogen) atoms. The van der Waals surface area contributed by atoms with Crippen molar-refractivity contribution in [2.24, 2.45) is 5.92 Å². The molecule has 0 spiro atoms. The van der Waals surface area contributed by atoms with Crippen molar-refractivity contribution >= 4 is 28.9 Å². The molecule has 4 nitrogen and oxygen atoms in total. The van der Waals surface area contributed by atoms with Gasteiger partial charge in [-0.3, -0.25) is 9.69 Å². The summed E-state index contributed by atoms with van der Waals surface area (Å²) >= 11 is 5.87. The Morgan fingerprint density at radius 1 is 1.43 bits per heavy atom. The molecule has 1 aliphatic heterocycles. The molecular weight excluding hydrogens is 286 g/mol. The summed E-state index contributed by atoms with van der Waals surface area (Å²) in [5.74, 6) is 0.613. The second-order valence-electron chi connectivity index (χ2n) is 6.13. The van der Waals surface area contributed by atoms with Gasteiger partial charge in [0.2, 0.25) is 5.91 Å². The fraction of sp³-hybridized carbons (Fsp3) is 0.562. The largest absolute Gasteiger partial charge is 0.397 e. The number of nitrogens with zero attached hydrogens (tertiary/aromatic N) is 1. The Labute approximate surface area is 131 Å². The zero-order valence-electron chi connectivity index (χ0n) is 12.9. The number of halogens is 1. The SMILES string of the molecule is CC1CCC(C)N(C(C)C(=O)Nc2ccc(Cl)cc2N)C1. The number of carbonyl (C=O) groups is 1. The number of nitrogens with one attached hydrogen (secondary N) is 1. The molecule has 2 rings (SSSR count). The van der Waals surface area contributed by atoms with Crippen LogP contribution in [0, 0.1) is 5.92 Å². The summed E-state index contributed by atoms with van der Waals surface area (Å²) in [6, 6.07) is 5.38. The first-order chi connectivity index (χ1) is 9.88. The van der Waals surface area contributed by atoms with Crippen molar-refractivity contribution < 1.29 is 4.79 Å². The number of anilines is 2. The van der Waals surface area contributed by atoms with Gasteiger partial charge in [-0.1, -0.05) is 18.5 Å². The van der Waals surface area contributed by atoms with Gasteiger partial charge < -0.3 is 11.1 Å². The second kappa shape index (κ2) is 6.67. The van der Waals surface area contributed by atoms with Crippen LogP contribution >= 0.6 is 11.6 Å². The topological polar surface area (TPSA) is 58.4 Å². The first-order valence-corrected chi connectivity index (χ1v) is 7.88. The van der Waals surface area contributed by atoms with E-state index in [9.17, 15) is 4.79 Å². The van der Waals surface area contributed by atoms with Crippen LogP contribution < -0.4 is 11.1 Å². The lowest BCUT2D eigenvalue weighted by Crippen LogP contribution is -2.50. The number of benzene rings is 1. The molecule has 5 heteroatoms. The van der Waals surface area contributed by atoms with Gasteiger partial charge in [-0.05, 0) is 50.8 Å². The van der Waals surface area contributed by atoms with Gasteiger partial charge in [-0.15, -0.1) is 0 Å². The third kappa shape index (κ3) is 3.89. The van der Waals surface area contributed by atoms with Crippen LogP contribution in [-0.4, -0.2) is 29.4 Å². The van der Waals surface area contributed by atoms with Gasteiger partial charge in [-0.25, -0.2) is 0 Å². The number of likely N-dealkylation sites (tertiary alicyclic amines) is 1. The van der Waals surface area contributed by atoms with E-state index in [1.807, 2.05) is 6.92 Å². The van der Waals surface area contributed by atoms with Crippen molar-refractivity contribution in [3.8, 4) is 0 Å². The maximum absolute atomic E-state index is 12.5. The lowest BCUT2D eigenvalue weighted by molar-refractivity contribution is -0.122. The van der Waals surface area contributed by atoms with E-state index in [0.717, 1.165) is 13.0 Å². The van der Waals surface area contributed by atoms with Crippen molar-refractivity contribution in [2.75, 3.05) is 17.6 Å².